The molecule has 3 aromatic rings. The lowest BCUT2D eigenvalue weighted by Crippen LogP contribution is -2.23. The van der Waals surface area contributed by atoms with Crippen molar-refractivity contribution in [2.24, 2.45) is 0 Å². The first-order valence-corrected chi connectivity index (χ1v) is 8.24. The van der Waals surface area contributed by atoms with Crippen molar-refractivity contribution in [3.05, 3.63) is 53.3 Å². The zero-order valence-corrected chi connectivity index (χ0v) is 14.3. The highest BCUT2D eigenvalue weighted by atomic mass is 35.5. The van der Waals surface area contributed by atoms with Crippen LogP contribution in [0, 0.1) is 5.82 Å². The van der Waals surface area contributed by atoms with Crippen molar-refractivity contribution in [2.75, 3.05) is 23.3 Å². The molecule has 0 saturated carbocycles. The number of aromatic nitrogens is 2. The molecule has 6 heteroatoms. The van der Waals surface area contributed by atoms with E-state index in [1.807, 2.05) is 24.3 Å². The smallest absolute Gasteiger partial charge is 0.229 e. The fourth-order valence-corrected chi connectivity index (χ4v) is 2.76. The number of nitrogens with one attached hydrogen (secondary N) is 1. The molecule has 0 spiro atoms. The van der Waals surface area contributed by atoms with Gasteiger partial charge < -0.3 is 10.2 Å². The molecule has 0 bridgehead atoms. The zero-order valence-electron chi connectivity index (χ0n) is 13.6. The zero-order chi connectivity index (χ0) is 17.1. The fourth-order valence-electron chi connectivity index (χ4n) is 2.58. The summed E-state index contributed by atoms with van der Waals surface area (Å²) >= 11 is 5.84. The Kier molecular flexibility index (Phi) is 4.81. The number of hydrogen-bond acceptors (Lipinski definition) is 4. The van der Waals surface area contributed by atoms with Crippen molar-refractivity contribution in [2.45, 2.75) is 13.8 Å². The topological polar surface area (TPSA) is 41.1 Å². The van der Waals surface area contributed by atoms with Crippen LogP contribution in [0.1, 0.15) is 13.8 Å². The maximum absolute atomic E-state index is 13.3. The van der Waals surface area contributed by atoms with E-state index in [0.29, 0.717) is 11.6 Å². The molecule has 2 aromatic carbocycles. The highest BCUT2D eigenvalue weighted by Crippen LogP contribution is 2.27. The Labute approximate surface area is 145 Å². The quantitative estimate of drug-likeness (QED) is 0.706. The number of benzene rings is 2. The van der Waals surface area contributed by atoms with Crippen molar-refractivity contribution in [1.29, 1.82) is 0 Å². The van der Waals surface area contributed by atoms with Gasteiger partial charge in [0.2, 0.25) is 5.95 Å². The van der Waals surface area contributed by atoms with E-state index in [-0.39, 0.29) is 5.02 Å². The van der Waals surface area contributed by atoms with Gasteiger partial charge in [-0.25, -0.2) is 9.37 Å². The third-order valence-corrected chi connectivity index (χ3v) is 4.11. The van der Waals surface area contributed by atoms with Gasteiger partial charge in [-0.15, -0.1) is 0 Å². The first-order valence-electron chi connectivity index (χ1n) is 7.86. The van der Waals surface area contributed by atoms with Crippen molar-refractivity contribution >= 4 is 40.0 Å². The fraction of sp³-hybridized carbons (Fsp3) is 0.222. The SMILES string of the molecule is CCN(CC)c1nc(Nc2ccc(F)c(Cl)c2)nc2ccccc12. The lowest BCUT2D eigenvalue weighted by Gasteiger charge is -2.22. The molecule has 1 N–H and O–H groups in total. The second kappa shape index (κ2) is 7.01. The Morgan fingerprint density at radius 1 is 1.08 bits per heavy atom. The van der Waals surface area contributed by atoms with Gasteiger partial charge in [0.05, 0.1) is 10.5 Å². The van der Waals surface area contributed by atoms with E-state index in [0.717, 1.165) is 29.8 Å². The van der Waals surface area contributed by atoms with E-state index in [4.69, 9.17) is 11.6 Å². The molecule has 124 valence electrons. The Hall–Kier alpha value is -2.40. The van der Waals surface area contributed by atoms with Gasteiger partial charge in [0.1, 0.15) is 11.6 Å². The summed E-state index contributed by atoms with van der Waals surface area (Å²) in [5, 5.41) is 4.17. The van der Waals surface area contributed by atoms with Crippen LogP contribution in [0.25, 0.3) is 10.9 Å². The second-order valence-corrected chi connectivity index (χ2v) is 5.72. The van der Waals surface area contributed by atoms with Crippen LogP contribution >= 0.6 is 11.6 Å². The summed E-state index contributed by atoms with van der Waals surface area (Å²) in [6.07, 6.45) is 0. The number of rotatable bonds is 5. The van der Waals surface area contributed by atoms with Crippen LogP contribution in [0.3, 0.4) is 0 Å². The number of nitrogens with zero attached hydrogens (tertiary/aromatic N) is 3. The van der Waals surface area contributed by atoms with E-state index >= 15 is 0 Å². The highest BCUT2D eigenvalue weighted by Gasteiger charge is 2.12. The van der Waals surface area contributed by atoms with Gasteiger partial charge >= 0.3 is 0 Å². The van der Waals surface area contributed by atoms with Crippen LogP contribution in [-0.4, -0.2) is 23.1 Å². The normalized spacial score (nSPS) is 10.8. The Morgan fingerprint density at radius 2 is 1.83 bits per heavy atom. The first-order chi connectivity index (χ1) is 11.6. The van der Waals surface area contributed by atoms with Crippen LogP contribution in [0.5, 0.6) is 0 Å². The molecule has 3 rings (SSSR count). The van der Waals surface area contributed by atoms with Crippen molar-refractivity contribution in [1.82, 2.24) is 9.97 Å². The van der Waals surface area contributed by atoms with Gasteiger partial charge in [0.25, 0.3) is 0 Å². The van der Waals surface area contributed by atoms with E-state index in [1.54, 1.807) is 6.07 Å². The Balaban J connectivity index is 2.06. The molecule has 0 fully saturated rings. The van der Waals surface area contributed by atoms with E-state index in [1.165, 1.54) is 12.1 Å². The number of para-hydroxylation sites is 1. The summed E-state index contributed by atoms with van der Waals surface area (Å²) in [5.41, 5.74) is 1.49. The molecule has 4 nitrogen and oxygen atoms in total. The predicted octanol–water partition coefficient (Wildman–Crippen LogP) is 5.01. The van der Waals surface area contributed by atoms with Crippen LogP contribution < -0.4 is 10.2 Å². The molecule has 0 amide bonds. The predicted molar refractivity (Wildman–Crippen MR) is 97.8 cm³/mol. The summed E-state index contributed by atoms with van der Waals surface area (Å²) < 4.78 is 13.3. The highest BCUT2D eigenvalue weighted by molar-refractivity contribution is 6.31. The number of anilines is 3. The van der Waals surface area contributed by atoms with Crippen molar-refractivity contribution in [3.8, 4) is 0 Å². The summed E-state index contributed by atoms with van der Waals surface area (Å²) in [6, 6.07) is 12.3. The Morgan fingerprint density at radius 3 is 2.54 bits per heavy atom. The summed E-state index contributed by atoms with van der Waals surface area (Å²) in [6.45, 7) is 5.87. The van der Waals surface area contributed by atoms with Crippen LogP contribution in [0.15, 0.2) is 42.5 Å². The summed E-state index contributed by atoms with van der Waals surface area (Å²) in [4.78, 5) is 11.4. The van der Waals surface area contributed by atoms with E-state index in [2.05, 4.69) is 34.0 Å². The molecule has 1 aromatic heterocycles. The molecule has 0 unspecified atom stereocenters. The largest absolute Gasteiger partial charge is 0.356 e. The van der Waals surface area contributed by atoms with Gasteiger partial charge in [0, 0.05) is 24.2 Å². The van der Waals surface area contributed by atoms with Crippen molar-refractivity contribution in [3.63, 3.8) is 0 Å². The van der Waals surface area contributed by atoms with Crippen LogP contribution in [0.2, 0.25) is 5.02 Å². The molecule has 0 radical (unpaired) electrons. The van der Waals surface area contributed by atoms with Gasteiger partial charge in [0.15, 0.2) is 0 Å². The number of hydrogen-bond donors (Lipinski definition) is 1. The summed E-state index contributed by atoms with van der Waals surface area (Å²) in [7, 11) is 0. The van der Waals surface area contributed by atoms with E-state index < -0.39 is 5.82 Å². The Bertz CT molecular complexity index is 865. The molecular weight excluding hydrogens is 327 g/mol. The molecule has 0 atom stereocenters. The average Bonchev–Trinajstić information content (AvgIpc) is 2.59. The number of halogens is 2. The number of fused-ring (bicyclic) bond motifs is 1. The molecule has 0 aliphatic carbocycles. The van der Waals surface area contributed by atoms with Gasteiger partial charge in [-0.1, -0.05) is 23.7 Å². The standard InChI is InChI=1S/C18H18ClFN4/c1-3-24(4-2)17-13-7-5-6-8-16(13)22-18(23-17)21-12-9-10-15(20)14(19)11-12/h5-11H,3-4H2,1-2H3,(H,21,22,23). The first kappa shape index (κ1) is 16.5. The maximum Gasteiger partial charge on any atom is 0.229 e. The maximum atomic E-state index is 13.3. The molecule has 0 aliphatic heterocycles. The lowest BCUT2D eigenvalue weighted by molar-refractivity contribution is 0.628. The minimum Gasteiger partial charge on any atom is -0.356 e. The van der Waals surface area contributed by atoms with Gasteiger partial charge in [-0.2, -0.15) is 4.98 Å². The van der Waals surface area contributed by atoms with E-state index in [9.17, 15) is 4.39 Å². The molecule has 1 heterocycles. The van der Waals surface area contributed by atoms with Gasteiger partial charge in [-0.05, 0) is 44.2 Å². The third kappa shape index (κ3) is 3.26. The minimum atomic E-state index is -0.453. The monoisotopic (exact) mass is 344 g/mol. The van der Waals surface area contributed by atoms with Crippen LogP contribution in [-0.2, 0) is 0 Å². The van der Waals surface area contributed by atoms with Gasteiger partial charge in [-0.3, -0.25) is 0 Å². The second-order valence-electron chi connectivity index (χ2n) is 5.31. The summed E-state index contributed by atoms with van der Waals surface area (Å²) in [5.74, 6) is 0.880. The minimum absolute atomic E-state index is 0.0600. The van der Waals surface area contributed by atoms with Crippen molar-refractivity contribution < 1.29 is 4.39 Å². The lowest BCUT2D eigenvalue weighted by atomic mass is 10.2. The average molecular weight is 345 g/mol. The molecule has 24 heavy (non-hydrogen) atoms. The molecular formula is C18H18ClFN4. The molecule has 0 aliphatic rings. The molecule has 0 saturated heterocycles. The third-order valence-electron chi connectivity index (χ3n) is 3.82. The van der Waals surface area contributed by atoms with Crippen LogP contribution in [0.4, 0.5) is 21.8 Å².